The molecule has 0 aliphatic carbocycles. The molecule has 0 saturated heterocycles. The zero-order valence-corrected chi connectivity index (χ0v) is 19.0. The average molecular weight is 495 g/mol. The normalized spacial score (nSPS) is 11.6. The van der Waals surface area contributed by atoms with E-state index >= 15 is 0 Å². The maximum absolute atomic E-state index is 12.6. The van der Waals surface area contributed by atoms with Crippen molar-refractivity contribution in [3.63, 3.8) is 0 Å². The summed E-state index contributed by atoms with van der Waals surface area (Å²) in [6.07, 6.45) is 0. The van der Waals surface area contributed by atoms with Crippen molar-refractivity contribution in [2.24, 2.45) is 0 Å². The number of hydrogen-bond donors (Lipinski definition) is 1. The Labute approximate surface area is 188 Å². The van der Waals surface area contributed by atoms with Gasteiger partial charge in [0.1, 0.15) is 29.6 Å². The van der Waals surface area contributed by atoms with E-state index in [-0.39, 0.29) is 24.3 Å². The van der Waals surface area contributed by atoms with Gasteiger partial charge in [-0.1, -0.05) is 27.5 Å². The number of benzene rings is 2. The monoisotopic (exact) mass is 493 g/mol. The maximum atomic E-state index is 12.6. The number of rotatable bonds is 8. The Morgan fingerprint density at radius 3 is 2.57 bits per heavy atom. The first kappa shape index (κ1) is 22.1. The minimum Gasteiger partial charge on any atom is -0.497 e. The van der Waals surface area contributed by atoms with E-state index in [1.54, 1.807) is 50.6 Å². The van der Waals surface area contributed by atoms with Gasteiger partial charge in [-0.05, 0) is 55.5 Å². The molecule has 6 nitrogen and oxygen atoms in total. The first-order valence-electron chi connectivity index (χ1n) is 9.10. The summed E-state index contributed by atoms with van der Waals surface area (Å²) >= 11 is 9.49. The number of halogens is 2. The van der Waals surface area contributed by atoms with Crippen LogP contribution >= 0.6 is 27.5 Å². The molecule has 1 N–H and O–H groups in total. The number of methoxy groups -OCH3 is 2. The minimum atomic E-state index is -0.347. The van der Waals surface area contributed by atoms with Crippen molar-refractivity contribution >= 4 is 33.4 Å². The highest BCUT2D eigenvalue weighted by Gasteiger charge is 2.18. The lowest BCUT2D eigenvalue weighted by Gasteiger charge is -2.17. The fraction of sp³-hybridized carbons (Fsp3) is 0.227. The summed E-state index contributed by atoms with van der Waals surface area (Å²) in [5.74, 6) is 2.20. The zero-order chi connectivity index (χ0) is 21.7. The lowest BCUT2D eigenvalue weighted by atomic mass is 10.1. The van der Waals surface area contributed by atoms with Gasteiger partial charge in [0, 0.05) is 10.0 Å². The molecule has 158 valence electrons. The third-order valence-corrected chi connectivity index (χ3v) is 5.19. The Hall–Kier alpha value is -2.64. The first-order valence-corrected chi connectivity index (χ1v) is 10.3. The van der Waals surface area contributed by atoms with Crippen LogP contribution in [0.15, 0.2) is 57.4 Å². The van der Waals surface area contributed by atoms with Gasteiger partial charge in [-0.25, -0.2) is 0 Å². The van der Waals surface area contributed by atoms with Gasteiger partial charge in [0.25, 0.3) is 5.91 Å². The van der Waals surface area contributed by atoms with Crippen LogP contribution in [0.2, 0.25) is 5.02 Å². The Kier molecular flexibility index (Phi) is 7.29. The molecule has 0 spiro atoms. The predicted octanol–water partition coefficient (Wildman–Crippen LogP) is 5.78. The quantitative estimate of drug-likeness (QED) is 0.430. The molecule has 1 unspecified atom stereocenters. The molecule has 1 aromatic heterocycles. The van der Waals surface area contributed by atoms with Crippen molar-refractivity contribution in [3.05, 3.63) is 75.1 Å². The van der Waals surface area contributed by atoms with Crippen LogP contribution in [0.5, 0.6) is 17.2 Å². The molecule has 1 amide bonds. The van der Waals surface area contributed by atoms with Gasteiger partial charge in [-0.15, -0.1) is 0 Å². The lowest BCUT2D eigenvalue weighted by molar-refractivity contribution is 0.0907. The molecule has 1 atom stereocenters. The number of nitrogens with one attached hydrogen (secondary N) is 1. The van der Waals surface area contributed by atoms with Crippen molar-refractivity contribution in [1.82, 2.24) is 5.32 Å². The lowest BCUT2D eigenvalue weighted by Crippen LogP contribution is -2.26. The highest BCUT2D eigenvalue weighted by Crippen LogP contribution is 2.30. The van der Waals surface area contributed by atoms with Crippen LogP contribution in [0.1, 0.15) is 34.8 Å². The number of carbonyl (C=O) groups is 1. The summed E-state index contributed by atoms with van der Waals surface area (Å²) in [4.78, 5) is 12.6. The van der Waals surface area contributed by atoms with E-state index < -0.39 is 0 Å². The van der Waals surface area contributed by atoms with Gasteiger partial charge in [0.2, 0.25) is 0 Å². The largest absolute Gasteiger partial charge is 0.497 e. The summed E-state index contributed by atoms with van der Waals surface area (Å²) in [6, 6.07) is 13.7. The van der Waals surface area contributed by atoms with Crippen molar-refractivity contribution in [2.45, 2.75) is 19.6 Å². The molecule has 0 radical (unpaired) electrons. The number of furan rings is 1. The molecule has 0 bridgehead atoms. The van der Waals surface area contributed by atoms with Crippen LogP contribution in [0.25, 0.3) is 0 Å². The van der Waals surface area contributed by atoms with Crippen LogP contribution in [0, 0.1) is 0 Å². The molecule has 8 heteroatoms. The second-order valence-electron chi connectivity index (χ2n) is 6.43. The molecule has 3 aromatic rings. The van der Waals surface area contributed by atoms with Crippen molar-refractivity contribution in [3.8, 4) is 17.2 Å². The van der Waals surface area contributed by atoms with E-state index in [2.05, 4.69) is 21.2 Å². The molecular weight excluding hydrogens is 474 g/mol. The first-order chi connectivity index (χ1) is 14.4. The Balaban J connectivity index is 1.65. The second-order valence-corrected chi connectivity index (χ2v) is 7.76. The molecule has 2 aromatic carbocycles. The van der Waals surface area contributed by atoms with Gasteiger partial charge in [0.15, 0.2) is 5.76 Å². The summed E-state index contributed by atoms with van der Waals surface area (Å²) in [6.45, 7) is 2.01. The molecule has 0 aliphatic heterocycles. The molecule has 1 heterocycles. The molecular formula is C22H21BrClNO5. The topological polar surface area (TPSA) is 69.9 Å². The molecule has 0 aliphatic rings. The highest BCUT2D eigenvalue weighted by atomic mass is 79.9. The van der Waals surface area contributed by atoms with E-state index in [0.717, 1.165) is 10.0 Å². The van der Waals surface area contributed by atoms with Crippen LogP contribution in [-0.2, 0) is 6.61 Å². The van der Waals surface area contributed by atoms with E-state index in [1.807, 2.05) is 19.1 Å². The summed E-state index contributed by atoms with van der Waals surface area (Å²) < 4.78 is 22.8. The van der Waals surface area contributed by atoms with Crippen LogP contribution in [0.4, 0.5) is 0 Å². The van der Waals surface area contributed by atoms with E-state index in [9.17, 15) is 4.79 Å². The Bertz CT molecular complexity index is 1040. The average Bonchev–Trinajstić information content (AvgIpc) is 3.21. The third-order valence-electron chi connectivity index (χ3n) is 4.40. The van der Waals surface area contributed by atoms with Gasteiger partial charge >= 0.3 is 0 Å². The smallest absolute Gasteiger partial charge is 0.287 e. The number of amides is 1. The minimum absolute atomic E-state index is 0.147. The molecule has 3 rings (SSSR count). The van der Waals surface area contributed by atoms with Crippen LogP contribution < -0.4 is 19.5 Å². The zero-order valence-electron chi connectivity index (χ0n) is 16.7. The van der Waals surface area contributed by atoms with Crippen molar-refractivity contribution < 1.29 is 23.4 Å². The summed E-state index contributed by atoms with van der Waals surface area (Å²) in [5, 5.41) is 3.39. The Morgan fingerprint density at radius 2 is 1.87 bits per heavy atom. The van der Waals surface area contributed by atoms with Crippen molar-refractivity contribution in [1.29, 1.82) is 0 Å². The Morgan fingerprint density at radius 1 is 1.10 bits per heavy atom. The fourth-order valence-electron chi connectivity index (χ4n) is 2.84. The number of ether oxygens (including phenoxy) is 3. The standard InChI is InChI=1S/C22H21BrClNO5/c1-13(17-11-15(27-2)5-8-19(17)28-3)25-22(26)21-9-6-16(30-21)12-29-20-7-4-14(23)10-18(20)24/h4-11,13H,12H2,1-3H3,(H,25,26). The number of carbonyl (C=O) groups excluding carboxylic acids is 1. The molecule has 0 saturated carbocycles. The maximum Gasteiger partial charge on any atom is 0.287 e. The van der Waals surface area contributed by atoms with Crippen LogP contribution in [0.3, 0.4) is 0 Å². The van der Waals surface area contributed by atoms with Gasteiger partial charge < -0.3 is 23.9 Å². The van der Waals surface area contributed by atoms with E-state index in [0.29, 0.717) is 28.0 Å². The van der Waals surface area contributed by atoms with Gasteiger partial charge in [-0.3, -0.25) is 4.79 Å². The summed E-state index contributed by atoms with van der Waals surface area (Å²) in [5.41, 5.74) is 0.796. The molecule has 0 fully saturated rings. The van der Waals surface area contributed by atoms with E-state index in [4.69, 9.17) is 30.2 Å². The van der Waals surface area contributed by atoms with Gasteiger partial charge in [0.05, 0.1) is 25.3 Å². The van der Waals surface area contributed by atoms with Crippen LogP contribution in [-0.4, -0.2) is 20.1 Å². The number of hydrogen-bond acceptors (Lipinski definition) is 5. The third kappa shape index (κ3) is 5.29. The SMILES string of the molecule is COc1ccc(OC)c(C(C)NC(=O)c2ccc(COc3ccc(Br)cc3Cl)o2)c1. The highest BCUT2D eigenvalue weighted by molar-refractivity contribution is 9.10. The van der Waals surface area contributed by atoms with Crippen molar-refractivity contribution in [2.75, 3.05) is 14.2 Å². The van der Waals surface area contributed by atoms with Gasteiger partial charge in [-0.2, -0.15) is 0 Å². The van der Waals surface area contributed by atoms with E-state index in [1.165, 1.54) is 0 Å². The predicted molar refractivity (Wildman–Crippen MR) is 118 cm³/mol. The second kappa shape index (κ2) is 9.91. The molecule has 30 heavy (non-hydrogen) atoms. The fourth-order valence-corrected chi connectivity index (χ4v) is 3.57. The summed E-state index contributed by atoms with van der Waals surface area (Å²) in [7, 11) is 3.17.